The van der Waals surface area contributed by atoms with Crippen LogP contribution in [0.1, 0.15) is 0 Å². The van der Waals surface area contributed by atoms with Gasteiger partial charge in [0.2, 0.25) is 0 Å². The zero-order valence-electron chi connectivity index (χ0n) is 16.3. The van der Waals surface area contributed by atoms with Gasteiger partial charge >= 0.3 is 0 Å². The van der Waals surface area contributed by atoms with E-state index in [4.69, 9.17) is 0 Å². The van der Waals surface area contributed by atoms with Gasteiger partial charge in [-0.05, 0) is 23.6 Å². The summed E-state index contributed by atoms with van der Waals surface area (Å²) in [6.45, 7) is 0. The molecule has 0 unspecified atom stereocenters. The number of rotatable bonds is 0. The third kappa shape index (κ3) is 1.95. The van der Waals surface area contributed by atoms with Crippen LogP contribution in [0.3, 0.4) is 0 Å². The molecule has 8 aromatic rings. The van der Waals surface area contributed by atoms with Gasteiger partial charge < -0.3 is 0 Å². The highest BCUT2D eigenvalue weighted by Gasteiger charge is 2.17. The number of hydrogen-bond donors (Lipinski definition) is 0. The minimum Gasteiger partial charge on any atom is -0.299 e. The topological polar surface area (TPSA) is 17.3 Å². The molecule has 0 atom stereocenters. The molecular weight excluding hydrogens is 416 g/mol. The Morgan fingerprint density at radius 2 is 1.32 bits per heavy atom. The molecule has 2 nitrogen and oxygen atoms in total. The van der Waals surface area contributed by atoms with Crippen molar-refractivity contribution in [3.8, 4) is 0 Å². The highest BCUT2D eigenvalue weighted by atomic mass is 32.1. The molecule has 4 aromatic heterocycles. The first-order chi connectivity index (χ1) is 15.4. The van der Waals surface area contributed by atoms with E-state index in [0.29, 0.717) is 0 Å². The van der Waals surface area contributed by atoms with Gasteiger partial charge in [-0.25, -0.2) is 4.98 Å². The van der Waals surface area contributed by atoms with Crippen molar-refractivity contribution in [2.75, 3.05) is 0 Å². The standard InChI is InChI=1S/C27H14N2S2/c1-2-7-18-16(6-1)23-20(29-14-13-28-27(18)29)11-9-19-24-22(31-26(19)23)12-10-17-15-5-3-4-8-21(15)30-25(17)24/h1-14H. The van der Waals surface area contributed by atoms with Crippen LogP contribution in [0.4, 0.5) is 0 Å². The number of hydrogen-bond acceptors (Lipinski definition) is 3. The fourth-order valence-electron chi connectivity index (χ4n) is 5.15. The number of fused-ring (bicyclic) bond motifs is 14. The first-order valence-corrected chi connectivity index (χ1v) is 11.9. The molecule has 144 valence electrons. The second-order valence-electron chi connectivity index (χ2n) is 8.02. The molecule has 0 aliphatic rings. The van der Waals surface area contributed by atoms with Crippen LogP contribution in [-0.2, 0) is 0 Å². The van der Waals surface area contributed by atoms with Gasteiger partial charge in [0, 0.05) is 63.5 Å². The van der Waals surface area contributed by atoms with Gasteiger partial charge in [-0.2, -0.15) is 0 Å². The number of imidazole rings is 1. The minimum absolute atomic E-state index is 1.02. The number of nitrogens with zero attached hydrogens (tertiary/aromatic N) is 2. The maximum Gasteiger partial charge on any atom is 0.145 e. The average Bonchev–Trinajstić information content (AvgIpc) is 3.53. The average molecular weight is 431 g/mol. The molecule has 4 heterocycles. The van der Waals surface area contributed by atoms with E-state index < -0.39 is 0 Å². The Balaban J connectivity index is 1.67. The van der Waals surface area contributed by atoms with E-state index in [1.807, 2.05) is 28.9 Å². The fraction of sp³-hybridized carbons (Fsp3) is 0. The van der Waals surface area contributed by atoms with E-state index in [0.717, 1.165) is 5.65 Å². The Kier molecular flexibility index (Phi) is 2.94. The van der Waals surface area contributed by atoms with Crippen LogP contribution in [-0.4, -0.2) is 9.38 Å². The summed E-state index contributed by atoms with van der Waals surface area (Å²) in [7, 11) is 0. The molecule has 0 fully saturated rings. The first kappa shape index (κ1) is 16.3. The molecule has 31 heavy (non-hydrogen) atoms. The molecule has 0 spiro atoms. The maximum absolute atomic E-state index is 4.65. The van der Waals surface area contributed by atoms with Crippen LogP contribution in [0.25, 0.3) is 67.7 Å². The summed E-state index contributed by atoms with van der Waals surface area (Å²) >= 11 is 3.83. The molecular formula is C27H14N2S2. The molecule has 4 heteroatoms. The van der Waals surface area contributed by atoms with Crippen LogP contribution in [0.2, 0.25) is 0 Å². The van der Waals surface area contributed by atoms with Crippen molar-refractivity contribution in [2.45, 2.75) is 0 Å². The molecule has 0 N–H and O–H groups in total. The third-order valence-corrected chi connectivity index (χ3v) is 8.86. The monoisotopic (exact) mass is 430 g/mol. The number of thiophene rings is 2. The third-order valence-electron chi connectivity index (χ3n) is 6.46. The summed E-state index contributed by atoms with van der Waals surface area (Å²) in [5.41, 5.74) is 2.24. The first-order valence-electron chi connectivity index (χ1n) is 10.3. The predicted molar refractivity (Wildman–Crippen MR) is 136 cm³/mol. The Labute approximate surface area is 184 Å². The lowest BCUT2D eigenvalue weighted by molar-refractivity contribution is 1.27. The highest BCUT2D eigenvalue weighted by Crippen LogP contribution is 2.47. The van der Waals surface area contributed by atoms with Crippen molar-refractivity contribution in [2.24, 2.45) is 0 Å². The quantitative estimate of drug-likeness (QED) is 0.221. The van der Waals surface area contributed by atoms with Gasteiger partial charge in [-0.1, -0.05) is 54.6 Å². The Bertz CT molecular complexity index is 2000. The van der Waals surface area contributed by atoms with Crippen molar-refractivity contribution >= 4 is 90.3 Å². The van der Waals surface area contributed by atoms with Crippen LogP contribution >= 0.6 is 22.7 Å². The minimum atomic E-state index is 1.02. The number of benzene rings is 4. The van der Waals surface area contributed by atoms with Crippen LogP contribution in [0.5, 0.6) is 0 Å². The van der Waals surface area contributed by atoms with E-state index in [9.17, 15) is 0 Å². The van der Waals surface area contributed by atoms with Crippen LogP contribution in [0, 0.1) is 0 Å². The van der Waals surface area contributed by atoms with Crippen LogP contribution in [0.15, 0.2) is 85.2 Å². The lowest BCUT2D eigenvalue weighted by Crippen LogP contribution is -1.90. The molecule has 0 saturated carbocycles. The van der Waals surface area contributed by atoms with E-state index >= 15 is 0 Å². The summed E-state index contributed by atoms with van der Waals surface area (Å²) in [5.74, 6) is 0. The second kappa shape index (κ2) is 5.61. The highest BCUT2D eigenvalue weighted by molar-refractivity contribution is 7.30. The van der Waals surface area contributed by atoms with Crippen molar-refractivity contribution in [3.63, 3.8) is 0 Å². The number of aromatic nitrogens is 2. The molecule has 8 rings (SSSR count). The van der Waals surface area contributed by atoms with Crippen molar-refractivity contribution in [1.82, 2.24) is 9.38 Å². The van der Waals surface area contributed by atoms with Crippen molar-refractivity contribution in [3.05, 3.63) is 85.2 Å². The van der Waals surface area contributed by atoms with Gasteiger partial charge in [0.15, 0.2) is 0 Å². The smallest absolute Gasteiger partial charge is 0.145 e. The van der Waals surface area contributed by atoms with Gasteiger partial charge in [0.05, 0.1) is 5.52 Å². The summed E-state index contributed by atoms with van der Waals surface area (Å²) in [5, 5.41) is 9.29. The Morgan fingerprint density at radius 1 is 0.581 bits per heavy atom. The van der Waals surface area contributed by atoms with Crippen LogP contribution < -0.4 is 0 Å². The lowest BCUT2D eigenvalue weighted by Gasteiger charge is -2.09. The van der Waals surface area contributed by atoms with Crippen molar-refractivity contribution < 1.29 is 0 Å². The Morgan fingerprint density at radius 3 is 2.26 bits per heavy atom. The molecule has 0 radical (unpaired) electrons. The Hall–Kier alpha value is -3.47. The largest absolute Gasteiger partial charge is 0.299 e. The molecule has 0 saturated heterocycles. The normalized spacial score (nSPS) is 12.5. The summed E-state index contributed by atoms with van der Waals surface area (Å²) in [6.07, 6.45) is 3.98. The molecule has 0 amide bonds. The van der Waals surface area contributed by atoms with Gasteiger partial charge in [-0.3, -0.25) is 4.40 Å². The zero-order valence-corrected chi connectivity index (χ0v) is 17.9. The number of pyridine rings is 1. The zero-order chi connectivity index (χ0) is 20.1. The molecule has 0 bridgehead atoms. The summed E-state index contributed by atoms with van der Waals surface area (Å²) in [6, 6.07) is 26.6. The fourth-order valence-corrected chi connectivity index (χ4v) is 7.75. The summed E-state index contributed by atoms with van der Waals surface area (Å²) < 4.78 is 7.71. The van der Waals surface area contributed by atoms with E-state index in [2.05, 4.69) is 88.4 Å². The van der Waals surface area contributed by atoms with Gasteiger partial charge in [0.1, 0.15) is 5.65 Å². The lowest BCUT2D eigenvalue weighted by atomic mass is 10.0. The second-order valence-corrected chi connectivity index (χ2v) is 10.1. The van der Waals surface area contributed by atoms with E-state index in [-0.39, 0.29) is 0 Å². The SMILES string of the molecule is c1ccc2c(c1)sc1c2ccc2sc3c(ccc4c3c3ccccc3c3nccn43)c21. The maximum atomic E-state index is 4.65. The summed E-state index contributed by atoms with van der Waals surface area (Å²) in [4.78, 5) is 4.65. The molecule has 4 aromatic carbocycles. The van der Waals surface area contributed by atoms with E-state index in [1.165, 1.54) is 62.0 Å². The van der Waals surface area contributed by atoms with Crippen molar-refractivity contribution in [1.29, 1.82) is 0 Å². The molecule has 0 aliphatic heterocycles. The van der Waals surface area contributed by atoms with E-state index in [1.54, 1.807) is 0 Å². The van der Waals surface area contributed by atoms with Gasteiger partial charge in [-0.15, -0.1) is 22.7 Å². The molecule has 0 aliphatic carbocycles. The predicted octanol–water partition coefficient (Wildman–Crippen LogP) is 8.38. The van der Waals surface area contributed by atoms with Gasteiger partial charge in [0.25, 0.3) is 0 Å².